The summed E-state index contributed by atoms with van der Waals surface area (Å²) < 4.78 is 6.20. The fraction of sp³-hybridized carbons (Fsp3) is 0.647. The fourth-order valence-electron chi connectivity index (χ4n) is 3.02. The van der Waals surface area contributed by atoms with E-state index in [4.69, 9.17) is 10.5 Å². The minimum absolute atomic E-state index is 0.0160. The highest BCUT2D eigenvalue weighted by molar-refractivity contribution is 5.41. The van der Waals surface area contributed by atoms with Crippen LogP contribution >= 0.6 is 0 Å². The molecule has 1 aromatic rings. The van der Waals surface area contributed by atoms with Crippen molar-refractivity contribution in [3.05, 3.63) is 24.3 Å². The molecule has 0 heterocycles. The normalized spacial score (nSPS) is 28.1. The maximum Gasteiger partial charge on any atom is 0.120 e. The van der Waals surface area contributed by atoms with Crippen LogP contribution in [-0.4, -0.2) is 5.60 Å². The molecule has 0 bridgehead atoms. The number of hydrogen-bond acceptors (Lipinski definition) is 2. The van der Waals surface area contributed by atoms with Gasteiger partial charge in [0.2, 0.25) is 0 Å². The molecule has 1 fully saturated rings. The lowest BCUT2D eigenvalue weighted by Gasteiger charge is -2.42. The van der Waals surface area contributed by atoms with Crippen molar-refractivity contribution in [2.75, 3.05) is 5.73 Å². The molecule has 0 amide bonds. The number of ether oxygens (including phenoxy) is 1. The minimum Gasteiger partial charge on any atom is -0.488 e. The Labute approximate surface area is 117 Å². The summed E-state index contributed by atoms with van der Waals surface area (Å²) in [5, 5.41) is 0. The quantitative estimate of drug-likeness (QED) is 0.787. The lowest BCUT2D eigenvalue weighted by atomic mass is 9.69. The Bertz CT molecular complexity index is 408. The summed E-state index contributed by atoms with van der Waals surface area (Å²) in [5.74, 6) is 1.75. The van der Waals surface area contributed by atoms with Gasteiger partial charge in [0.1, 0.15) is 11.4 Å². The fourth-order valence-corrected chi connectivity index (χ4v) is 3.02. The van der Waals surface area contributed by atoms with Crippen LogP contribution in [0.4, 0.5) is 5.69 Å². The molecule has 0 radical (unpaired) electrons. The Kier molecular flexibility index (Phi) is 3.80. The molecule has 0 unspecified atom stereocenters. The predicted octanol–water partition coefficient (Wildman–Crippen LogP) is 4.64. The van der Waals surface area contributed by atoms with Crippen molar-refractivity contribution in [1.82, 2.24) is 0 Å². The third kappa shape index (κ3) is 3.65. The van der Waals surface area contributed by atoms with E-state index in [2.05, 4.69) is 27.7 Å². The summed E-state index contributed by atoms with van der Waals surface area (Å²) >= 11 is 0. The average Bonchev–Trinajstić information content (AvgIpc) is 2.31. The van der Waals surface area contributed by atoms with Crippen LogP contribution in [0.2, 0.25) is 0 Å². The highest BCUT2D eigenvalue weighted by atomic mass is 16.5. The van der Waals surface area contributed by atoms with Gasteiger partial charge in [0, 0.05) is 5.69 Å². The molecule has 2 N–H and O–H groups in total. The van der Waals surface area contributed by atoms with Crippen LogP contribution in [0.3, 0.4) is 0 Å². The molecule has 1 saturated carbocycles. The molecule has 1 aromatic carbocycles. The molecule has 2 rings (SSSR count). The van der Waals surface area contributed by atoms with Crippen molar-refractivity contribution in [3.8, 4) is 5.75 Å². The molecule has 0 aliphatic heterocycles. The van der Waals surface area contributed by atoms with Gasteiger partial charge >= 0.3 is 0 Å². The van der Waals surface area contributed by atoms with Crippen molar-refractivity contribution in [3.63, 3.8) is 0 Å². The maximum atomic E-state index is 6.20. The highest BCUT2D eigenvalue weighted by Crippen LogP contribution is 2.42. The van der Waals surface area contributed by atoms with Crippen LogP contribution in [0.25, 0.3) is 0 Å². The third-order valence-electron chi connectivity index (χ3n) is 4.51. The average molecular weight is 261 g/mol. The number of nitrogen functional groups attached to an aromatic ring is 1. The summed E-state index contributed by atoms with van der Waals surface area (Å²) in [4.78, 5) is 0. The van der Waals surface area contributed by atoms with E-state index in [1.807, 2.05) is 24.3 Å². The first-order valence-corrected chi connectivity index (χ1v) is 7.33. The Morgan fingerprint density at radius 2 is 1.63 bits per heavy atom. The van der Waals surface area contributed by atoms with E-state index >= 15 is 0 Å². The first-order valence-electron chi connectivity index (χ1n) is 7.33. The lowest BCUT2D eigenvalue weighted by Crippen LogP contribution is -2.39. The van der Waals surface area contributed by atoms with Gasteiger partial charge in [-0.25, -0.2) is 0 Å². The largest absolute Gasteiger partial charge is 0.488 e. The summed E-state index contributed by atoms with van der Waals surface area (Å²) in [5.41, 5.74) is 6.89. The highest BCUT2D eigenvalue weighted by Gasteiger charge is 2.37. The first-order chi connectivity index (χ1) is 8.78. The van der Waals surface area contributed by atoms with Crippen molar-refractivity contribution < 1.29 is 4.74 Å². The zero-order valence-electron chi connectivity index (χ0n) is 12.7. The van der Waals surface area contributed by atoms with Gasteiger partial charge in [0.05, 0.1) is 0 Å². The number of rotatable bonds is 2. The smallest absolute Gasteiger partial charge is 0.120 e. The maximum absolute atomic E-state index is 6.20. The molecule has 0 aromatic heterocycles. The lowest BCUT2D eigenvalue weighted by molar-refractivity contribution is 0.0113. The van der Waals surface area contributed by atoms with Crippen molar-refractivity contribution in [1.29, 1.82) is 0 Å². The topological polar surface area (TPSA) is 35.2 Å². The van der Waals surface area contributed by atoms with Gasteiger partial charge in [-0.05, 0) is 68.2 Å². The van der Waals surface area contributed by atoms with E-state index in [0.29, 0.717) is 5.41 Å². The van der Waals surface area contributed by atoms with E-state index in [0.717, 1.165) is 30.2 Å². The zero-order valence-corrected chi connectivity index (χ0v) is 12.7. The van der Waals surface area contributed by atoms with Gasteiger partial charge < -0.3 is 10.5 Å². The Hall–Kier alpha value is -1.18. The van der Waals surface area contributed by atoms with Crippen LogP contribution in [0.15, 0.2) is 24.3 Å². The zero-order chi connectivity index (χ0) is 14.1. The van der Waals surface area contributed by atoms with E-state index in [1.54, 1.807) is 0 Å². The van der Waals surface area contributed by atoms with Gasteiger partial charge in [0.25, 0.3) is 0 Å². The predicted molar refractivity (Wildman–Crippen MR) is 81.3 cm³/mol. The van der Waals surface area contributed by atoms with Crippen LogP contribution in [-0.2, 0) is 0 Å². The van der Waals surface area contributed by atoms with Gasteiger partial charge in [-0.15, -0.1) is 0 Å². The summed E-state index contributed by atoms with van der Waals surface area (Å²) in [6, 6.07) is 7.74. The second kappa shape index (κ2) is 5.07. The number of hydrogen-bond donors (Lipinski definition) is 1. The Morgan fingerprint density at radius 3 is 2.11 bits per heavy atom. The molecule has 0 atom stereocenters. The van der Waals surface area contributed by atoms with E-state index in [-0.39, 0.29) is 5.60 Å². The molecule has 19 heavy (non-hydrogen) atoms. The third-order valence-corrected chi connectivity index (χ3v) is 4.51. The van der Waals surface area contributed by atoms with Crippen LogP contribution < -0.4 is 10.5 Å². The summed E-state index contributed by atoms with van der Waals surface area (Å²) in [6.45, 7) is 9.28. The molecule has 106 valence electrons. The van der Waals surface area contributed by atoms with Gasteiger partial charge in [-0.1, -0.05) is 20.8 Å². The molecule has 2 heteroatoms. The Morgan fingerprint density at radius 1 is 1.11 bits per heavy atom. The minimum atomic E-state index is -0.0160. The van der Waals surface area contributed by atoms with E-state index in [9.17, 15) is 0 Å². The van der Waals surface area contributed by atoms with Crippen molar-refractivity contribution in [2.24, 2.45) is 11.3 Å². The summed E-state index contributed by atoms with van der Waals surface area (Å²) in [7, 11) is 0. The standard InChI is InChI=1S/C17H27NO/c1-16(2,3)13-9-11-17(4,12-10-13)19-15-7-5-14(18)6-8-15/h5-8,13H,9-12,18H2,1-4H3. The molecule has 0 saturated heterocycles. The SMILES string of the molecule is CC1(Oc2ccc(N)cc2)CCC(C(C)(C)C)CC1. The molecule has 1 aliphatic carbocycles. The number of benzene rings is 1. The van der Waals surface area contributed by atoms with Crippen LogP contribution in [0, 0.1) is 11.3 Å². The van der Waals surface area contributed by atoms with Gasteiger partial charge in [-0.3, -0.25) is 0 Å². The Balaban J connectivity index is 1.96. The number of anilines is 1. The number of nitrogens with two attached hydrogens (primary N) is 1. The monoisotopic (exact) mass is 261 g/mol. The first kappa shape index (κ1) is 14.2. The molecule has 1 aliphatic rings. The van der Waals surface area contributed by atoms with E-state index < -0.39 is 0 Å². The van der Waals surface area contributed by atoms with Crippen LogP contribution in [0.5, 0.6) is 5.75 Å². The van der Waals surface area contributed by atoms with Crippen molar-refractivity contribution >= 4 is 5.69 Å². The molecular weight excluding hydrogens is 234 g/mol. The second-order valence-electron chi connectivity index (χ2n) is 7.26. The van der Waals surface area contributed by atoms with Crippen molar-refractivity contribution in [2.45, 2.75) is 59.0 Å². The molecule has 0 spiro atoms. The van der Waals surface area contributed by atoms with Gasteiger partial charge in [-0.2, -0.15) is 0 Å². The van der Waals surface area contributed by atoms with E-state index in [1.165, 1.54) is 12.8 Å². The molecular formula is C17H27NO. The molecule has 2 nitrogen and oxygen atoms in total. The summed E-state index contributed by atoms with van der Waals surface area (Å²) in [6.07, 6.45) is 4.79. The second-order valence-corrected chi connectivity index (χ2v) is 7.26. The van der Waals surface area contributed by atoms with Gasteiger partial charge in [0.15, 0.2) is 0 Å². The van der Waals surface area contributed by atoms with Crippen LogP contribution in [0.1, 0.15) is 53.4 Å².